The van der Waals surface area contributed by atoms with Gasteiger partial charge in [-0.3, -0.25) is 9.59 Å². The topological polar surface area (TPSA) is 70.2 Å². The Balaban J connectivity index is 1.93. The molecule has 26 heavy (non-hydrogen) atoms. The number of benzene rings is 2. The lowest BCUT2D eigenvalue weighted by Crippen LogP contribution is -2.33. The van der Waals surface area contributed by atoms with Crippen molar-refractivity contribution in [3.05, 3.63) is 64.7 Å². The van der Waals surface area contributed by atoms with Crippen LogP contribution >= 0.6 is 11.6 Å². The molecule has 0 aliphatic carbocycles. The Bertz CT molecular complexity index is 743. The molecule has 3 N–H and O–H groups in total. The highest BCUT2D eigenvalue weighted by Crippen LogP contribution is 2.23. The molecule has 0 aromatic heterocycles. The predicted molar refractivity (Wildman–Crippen MR) is 105 cm³/mol. The zero-order valence-electron chi connectivity index (χ0n) is 15.2. The van der Waals surface area contributed by atoms with E-state index >= 15 is 0 Å². The summed E-state index contributed by atoms with van der Waals surface area (Å²) >= 11 is 5.94. The van der Waals surface area contributed by atoms with Gasteiger partial charge in [-0.25, -0.2) is 0 Å². The molecule has 0 bridgehead atoms. The van der Waals surface area contributed by atoms with Crippen LogP contribution < -0.4 is 16.0 Å². The molecule has 0 heterocycles. The smallest absolute Gasteiger partial charge is 0.251 e. The quantitative estimate of drug-likeness (QED) is 0.694. The van der Waals surface area contributed by atoms with Crippen LogP contribution in [0, 0.1) is 5.92 Å². The van der Waals surface area contributed by atoms with E-state index in [4.69, 9.17) is 11.6 Å². The molecular weight excluding hydrogens is 350 g/mol. The summed E-state index contributed by atoms with van der Waals surface area (Å²) in [4.78, 5) is 23.8. The van der Waals surface area contributed by atoms with Crippen LogP contribution in [0.3, 0.4) is 0 Å². The van der Waals surface area contributed by atoms with Crippen LogP contribution in [0.4, 0.5) is 5.69 Å². The Morgan fingerprint density at radius 3 is 2.15 bits per heavy atom. The van der Waals surface area contributed by atoms with Crippen LogP contribution in [0.15, 0.2) is 48.5 Å². The first-order chi connectivity index (χ1) is 12.4. The molecule has 1 unspecified atom stereocenters. The predicted octanol–water partition coefficient (Wildman–Crippen LogP) is 3.63. The zero-order valence-corrected chi connectivity index (χ0v) is 15.9. The fourth-order valence-electron chi connectivity index (χ4n) is 2.67. The molecule has 0 fully saturated rings. The van der Waals surface area contributed by atoms with Crippen LogP contribution in [-0.2, 0) is 4.79 Å². The molecule has 2 amide bonds. The lowest BCUT2D eigenvalue weighted by molar-refractivity contribution is -0.115. The number of anilines is 1. The van der Waals surface area contributed by atoms with Crippen molar-refractivity contribution in [1.29, 1.82) is 0 Å². The van der Waals surface area contributed by atoms with Crippen molar-refractivity contribution < 1.29 is 9.59 Å². The second kappa shape index (κ2) is 9.36. The van der Waals surface area contributed by atoms with E-state index in [0.29, 0.717) is 22.2 Å². The van der Waals surface area contributed by atoms with Gasteiger partial charge in [0.2, 0.25) is 5.91 Å². The molecule has 2 aromatic rings. The number of nitrogens with one attached hydrogen (secondary N) is 3. The SMILES string of the molecule is CNC(=O)c1ccc(NC(=O)CNC(c2ccc(Cl)cc2)C(C)C)cc1. The Morgan fingerprint density at radius 2 is 1.62 bits per heavy atom. The van der Waals surface area contributed by atoms with Gasteiger partial charge in [-0.1, -0.05) is 37.6 Å². The molecule has 0 aliphatic heterocycles. The first-order valence-corrected chi connectivity index (χ1v) is 8.89. The highest BCUT2D eigenvalue weighted by atomic mass is 35.5. The average Bonchev–Trinajstić information content (AvgIpc) is 2.63. The van der Waals surface area contributed by atoms with Gasteiger partial charge < -0.3 is 16.0 Å². The van der Waals surface area contributed by atoms with Gasteiger partial charge in [0.05, 0.1) is 6.54 Å². The van der Waals surface area contributed by atoms with Crippen molar-refractivity contribution in [2.45, 2.75) is 19.9 Å². The van der Waals surface area contributed by atoms with Gasteiger partial charge >= 0.3 is 0 Å². The maximum Gasteiger partial charge on any atom is 0.251 e. The number of rotatable bonds is 7. The van der Waals surface area contributed by atoms with E-state index in [9.17, 15) is 9.59 Å². The average molecular weight is 374 g/mol. The van der Waals surface area contributed by atoms with Crippen molar-refractivity contribution in [1.82, 2.24) is 10.6 Å². The summed E-state index contributed by atoms with van der Waals surface area (Å²) in [5.74, 6) is 0.0143. The van der Waals surface area contributed by atoms with Crippen LogP contribution in [0.25, 0.3) is 0 Å². The Morgan fingerprint density at radius 1 is 1.00 bits per heavy atom. The molecule has 0 saturated carbocycles. The molecule has 6 heteroatoms. The Labute approximate surface area is 159 Å². The van der Waals surface area contributed by atoms with E-state index in [1.807, 2.05) is 24.3 Å². The number of amides is 2. The Kier molecular flexibility index (Phi) is 7.18. The second-order valence-corrected chi connectivity index (χ2v) is 6.80. The van der Waals surface area contributed by atoms with Crippen molar-refractivity contribution in [2.75, 3.05) is 18.9 Å². The van der Waals surface area contributed by atoms with Gasteiger partial charge in [0.15, 0.2) is 0 Å². The van der Waals surface area contributed by atoms with E-state index in [0.717, 1.165) is 5.56 Å². The van der Waals surface area contributed by atoms with Crippen molar-refractivity contribution in [3.63, 3.8) is 0 Å². The van der Waals surface area contributed by atoms with Crippen molar-refractivity contribution in [2.24, 2.45) is 5.92 Å². The minimum Gasteiger partial charge on any atom is -0.355 e. The van der Waals surface area contributed by atoms with Gasteiger partial charge in [-0.05, 0) is 47.9 Å². The van der Waals surface area contributed by atoms with Gasteiger partial charge in [0.25, 0.3) is 5.91 Å². The minimum atomic E-state index is -0.160. The molecule has 2 aromatic carbocycles. The maximum absolute atomic E-state index is 12.2. The number of hydrogen-bond acceptors (Lipinski definition) is 3. The second-order valence-electron chi connectivity index (χ2n) is 6.36. The largest absolute Gasteiger partial charge is 0.355 e. The van der Waals surface area contributed by atoms with Gasteiger partial charge in [-0.15, -0.1) is 0 Å². The summed E-state index contributed by atoms with van der Waals surface area (Å²) in [5, 5.41) is 9.37. The van der Waals surface area contributed by atoms with E-state index in [1.54, 1.807) is 31.3 Å². The summed E-state index contributed by atoms with van der Waals surface area (Å²) in [5.41, 5.74) is 2.29. The molecule has 5 nitrogen and oxygen atoms in total. The molecular formula is C20H24ClN3O2. The molecule has 2 rings (SSSR count). The van der Waals surface area contributed by atoms with Gasteiger partial charge in [-0.2, -0.15) is 0 Å². The molecule has 0 radical (unpaired) electrons. The third kappa shape index (κ3) is 5.58. The molecule has 0 spiro atoms. The van der Waals surface area contributed by atoms with E-state index < -0.39 is 0 Å². The lowest BCUT2D eigenvalue weighted by atomic mass is 9.96. The van der Waals surface area contributed by atoms with E-state index in [-0.39, 0.29) is 24.4 Å². The fraction of sp³-hybridized carbons (Fsp3) is 0.300. The van der Waals surface area contributed by atoms with Gasteiger partial charge in [0, 0.05) is 29.4 Å². The number of carbonyl (C=O) groups is 2. The van der Waals surface area contributed by atoms with Crippen LogP contribution in [0.2, 0.25) is 5.02 Å². The number of halogens is 1. The molecule has 0 saturated heterocycles. The van der Waals surface area contributed by atoms with Crippen LogP contribution in [0.1, 0.15) is 35.8 Å². The summed E-state index contributed by atoms with van der Waals surface area (Å²) < 4.78 is 0. The Hall–Kier alpha value is -2.37. The summed E-state index contributed by atoms with van der Waals surface area (Å²) in [6.45, 7) is 4.38. The summed E-state index contributed by atoms with van der Waals surface area (Å²) in [7, 11) is 1.58. The number of carbonyl (C=O) groups excluding carboxylic acids is 2. The zero-order chi connectivity index (χ0) is 19.1. The van der Waals surface area contributed by atoms with Crippen LogP contribution in [-0.4, -0.2) is 25.4 Å². The fourth-order valence-corrected chi connectivity index (χ4v) is 2.79. The summed E-state index contributed by atoms with van der Waals surface area (Å²) in [6, 6.07) is 14.4. The maximum atomic E-state index is 12.2. The highest BCUT2D eigenvalue weighted by molar-refractivity contribution is 6.30. The monoisotopic (exact) mass is 373 g/mol. The third-order valence-corrected chi connectivity index (χ3v) is 4.29. The summed E-state index contributed by atoms with van der Waals surface area (Å²) in [6.07, 6.45) is 0. The van der Waals surface area contributed by atoms with Crippen LogP contribution in [0.5, 0.6) is 0 Å². The van der Waals surface area contributed by atoms with Gasteiger partial charge in [0.1, 0.15) is 0 Å². The van der Waals surface area contributed by atoms with Crippen molar-refractivity contribution >= 4 is 29.1 Å². The number of hydrogen-bond donors (Lipinski definition) is 3. The normalized spacial score (nSPS) is 11.9. The third-order valence-electron chi connectivity index (χ3n) is 4.04. The standard InChI is InChI=1S/C20H24ClN3O2/c1-13(2)19(14-4-8-16(21)9-5-14)23-12-18(25)24-17-10-6-15(7-11-17)20(26)22-3/h4-11,13,19,23H,12H2,1-3H3,(H,22,26)(H,24,25). The van der Waals surface area contributed by atoms with E-state index in [2.05, 4.69) is 29.8 Å². The first kappa shape index (κ1) is 19.9. The molecule has 0 aliphatic rings. The molecule has 1 atom stereocenters. The van der Waals surface area contributed by atoms with Crippen molar-refractivity contribution in [3.8, 4) is 0 Å². The lowest BCUT2D eigenvalue weighted by Gasteiger charge is -2.23. The highest BCUT2D eigenvalue weighted by Gasteiger charge is 2.16. The van der Waals surface area contributed by atoms with E-state index in [1.165, 1.54) is 0 Å². The first-order valence-electron chi connectivity index (χ1n) is 8.51. The minimum absolute atomic E-state index is 0.0497. The molecule has 138 valence electrons.